The normalized spacial score (nSPS) is 13.4. The van der Waals surface area contributed by atoms with Crippen molar-refractivity contribution in [3.8, 4) is 0 Å². The second-order valence-electron chi connectivity index (χ2n) is 4.32. The Bertz CT molecular complexity index is 341. The topological polar surface area (TPSA) is 36.9 Å². The van der Waals surface area contributed by atoms with Crippen LogP contribution in [0.1, 0.15) is 26.3 Å². The Hall–Kier alpha value is -0.723. The maximum atomic E-state index is 5.91. The van der Waals surface area contributed by atoms with E-state index >= 15 is 0 Å². The highest BCUT2D eigenvalue weighted by molar-refractivity contribution is 6.62. The Morgan fingerprint density at radius 3 is 1.80 bits per heavy atom. The highest BCUT2D eigenvalue weighted by Gasteiger charge is 2.50. The Morgan fingerprint density at radius 1 is 0.900 bits per heavy atom. The summed E-state index contributed by atoms with van der Waals surface area (Å²) in [5.74, 6) is 0. The van der Waals surface area contributed by atoms with Crippen molar-refractivity contribution in [1.29, 1.82) is 0 Å². The molecule has 0 aliphatic heterocycles. The molecule has 1 rings (SSSR count). The fourth-order valence-electron chi connectivity index (χ4n) is 2.19. The summed E-state index contributed by atoms with van der Waals surface area (Å²) in [5, 5.41) is 0. The minimum atomic E-state index is -2.83. The van der Waals surface area contributed by atoms with Gasteiger partial charge in [-0.25, -0.2) is 0 Å². The summed E-state index contributed by atoms with van der Waals surface area (Å²) in [6, 6.07) is 10.2. The van der Waals surface area contributed by atoms with Crippen LogP contribution in [-0.2, 0) is 24.4 Å². The van der Waals surface area contributed by atoms with Gasteiger partial charge in [0, 0.05) is 33.4 Å². The Kier molecular flexibility index (Phi) is 8.02. The van der Waals surface area contributed by atoms with Gasteiger partial charge in [-0.05, 0) is 26.3 Å². The van der Waals surface area contributed by atoms with E-state index in [4.69, 9.17) is 18.0 Å². The minimum Gasteiger partial charge on any atom is -0.377 e. The lowest BCUT2D eigenvalue weighted by atomic mass is 10.2. The molecule has 0 aliphatic rings. The van der Waals surface area contributed by atoms with E-state index in [-0.39, 0.29) is 5.73 Å². The molecule has 0 aliphatic carbocycles. The van der Waals surface area contributed by atoms with E-state index in [9.17, 15) is 0 Å². The third-order valence-corrected chi connectivity index (χ3v) is 6.28. The lowest BCUT2D eigenvalue weighted by molar-refractivity contribution is 0.00667. The van der Waals surface area contributed by atoms with E-state index < -0.39 is 8.80 Å². The number of benzene rings is 1. The highest BCUT2D eigenvalue weighted by atomic mass is 28.4. The van der Waals surface area contributed by atoms with Gasteiger partial charge in [-0.3, -0.25) is 0 Å². The molecule has 20 heavy (non-hydrogen) atoms. The van der Waals surface area contributed by atoms with E-state index in [1.165, 1.54) is 5.56 Å². The number of hydrogen-bond acceptors (Lipinski definition) is 4. The summed E-state index contributed by atoms with van der Waals surface area (Å²) in [6.45, 7) is 7.53. The summed E-state index contributed by atoms with van der Waals surface area (Å²) in [6.07, 6.45) is 0.726. The summed E-state index contributed by atoms with van der Waals surface area (Å²) in [7, 11) is -1.14. The Balaban J connectivity index is 2.93. The molecule has 0 saturated carbocycles. The third kappa shape index (κ3) is 4.68. The summed E-state index contributed by atoms with van der Waals surface area (Å²) in [5.41, 5.74) is 1.00. The first-order chi connectivity index (χ1) is 9.72. The molecule has 0 saturated heterocycles. The van der Waals surface area contributed by atoms with Gasteiger partial charge < -0.3 is 18.0 Å². The average molecular weight is 298 g/mol. The van der Waals surface area contributed by atoms with Crippen molar-refractivity contribution >= 4 is 8.80 Å². The standard InChI is InChI=1S/C15H26O4Si/c1-5-17-20(18-6-2,19-7-3)15(16-4)13-14-11-9-8-10-12-14/h8-12,15H,5-7,13H2,1-4H3. The molecule has 0 radical (unpaired) electrons. The van der Waals surface area contributed by atoms with Crippen LogP contribution in [0.25, 0.3) is 0 Å². The van der Waals surface area contributed by atoms with Crippen molar-refractivity contribution in [2.24, 2.45) is 0 Å². The van der Waals surface area contributed by atoms with Gasteiger partial charge in [-0.1, -0.05) is 30.3 Å². The second kappa shape index (κ2) is 9.26. The number of rotatable bonds is 10. The van der Waals surface area contributed by atoms with Crippen LogP contribution in [0.2, 0.25) is 0 Å². The van der Waals surface area contributed by atoms with Crippen molar-refractivity contribution in [3.63, 3.8) is 0 Å². The molecule has 1 aromatic carbocycles. The van der Waals surface area contributed by atoms with Crippen LogP contribution in [0.15, 0.2) is 30.3 Å². The smallest absolute Gasteiger partial charge is 0.377 e. The fourth-order valence-corrected chi connectivity index (χ4v) is 4.98. The van der Waals surface area contributed by atoms with Crippen molar-refractivity contribution in [1.82, 2.24) is 0 Å². The summed E-state index contributed by atoms with van der Waals surface area (Å²) >= 11 is 0. The van der Waals surface area contributed by atoms with Crippen LogP contribution < -0.4 is 0 Å². The molecular formula is C15H26O4Si. The first-order valence-electron chi connectivity index (χ1n) is 7.20. The Labute approximate surface area is 123 Å². The maximum Gasteiger partial charge on any atom is 0.531 e. The number of ether oxygens (including phenoxy) is 1. The molecule has 0 bridgehead atoms. The van der Waals surface area contributed by atoms with Crippen molar-refractivity contribution in [3.05, 3.63) is 35.9 Å². The van der Waals surface area contributed by atoms with E-state index in [1.807, 2.05) is 39.0 Å². The molecule has 0 aromatic heterocycles. The van der Waals surface area contributed by atoms with Gasteiger partial charge in [0.25, 0.3) is 0 Å². The highest BCUT2D eigenvalue weighted by Crippen LogP contribution is 2.21. The molecule has 0 N–H and O–H groups in total. The molecule has 5 heteroatoms. The molecular weight excluding hydrogens is 272 g/mol. The van der Waals surface area contributed by atoms with E-state index in [0.717, 1.165) is 6.42 Å². The van der Waals surface area contributed by atoms with E-state index in [2.05, 4.69) is 12.1 Å². The monoisotopic (exact) mass is 298 g/mol. The zero-order chi connectivity index (χ0) is 14.8. The van der Waals surface area contributed by atoms with Crippen LogP contribution >= 0.6 is 0 Å². The van der Waals surface area contributed by atoms with Gasteiger partial charge in [0.2, 0.25) is 0 Å². The van der Waals surface area contributed by atoms with Gasteiger partial charge in [0.15, 0.2) is 0 Å². The fraction of sp³-hybridized carbons (Fsp3) is 0.600. The number of hydrogen-bond donors (Lipinski definition) is 0. The lowest BCUT2D eigenvalue weighted by Gasteiger charge is -2.34. The number of methoxy groups -OCH3 is 1. The third-order valence-electron chi connectivity index (χ3n) is 2.98. The van der Waals surface area contributed by atoms with Gasteiger partial charge >= 0.3 is 8.80 Å². The molecule has 0 fully saturated rings. The quantitative estimate of drug-likeness (QED) is 0.622. The van der Waals surface area contributed by atoms with Crippen LogP contribution in [0.5, 0.6) is 0 Å². The van der Waals surface area contributed by atoms with E-state index in [1.54, 1.807) is 7.11 Å². The summed E-state index contributed by atoms with van der Waals surface area (Å²) in [4.78, 5) is 0. The molecule has 0 heterocycles. The predicted molar refractivity (Wildman–Crippen MR) is 81.6 cm³/mol. The SMILES string of the molecule is CCO[Si](OCC)(OCC)C(Cc1ccccc1)OC. The van der Waals surface area contributed by atoms with Crippen molar-refractivity contribution in [2.75, 3.05) is 26.9 Å². The van der Waals surface area contributed by atoms with Crippen molar-refractivity contribution < 1.29 is 18.0 Å². The molecule has 1 aromatic rings. The van der Waals surface area contributed by atoms with E-state index in [0.29, 0.717) is 19.8 Å². The summed E-state index contributed by atoms with van der Waals surface area (Å²) < 4.78 is 23.4. The average Bonchev–Trinajstić information content (AvgIpc) is 2.46. The largest absolute Gasteiger partial charge is 0.531 e. The van der Waals surface area contributed by atoms with Crippen LogP contribution in [0.4, 0.5) is 0 Å². The van der Waals surface area contributed by atoms with Crippen LogP contribution in [0.3, 0.4) is 0 Å². The van der Waals surface area contributed by atoms with Gasteiger partial charge in [0.05, 0.1) is 0 Å². The first-order valence-corrected chi connectivity index (χ1v) is 9.01. The zero-order valence-electron chi connectivity index (χ0n) is 12.9. The molecule has 4 nitrogen and oxygen atoms in total. The van der Waals surface area contributed by atoms with Gasteiger partial charge in [0.1, 0.15) is 5.73 Å². The molecule has 114 valence electrons. The minimum absolute atomic E-state index is 0.190. The maximum absolute atomic E-state index is 5.91. The zero-order valence-corrected chi connectivity index (χ0v) is 13.9. The van der Waals surface area contributed by atoms with Crippen molar-refractivity contribution in [2.45, 2.75) is 32.9 Å². The van der Waals surface area contributed by atoms with Gasteiger partial charge in [-0.2, -0.15) is 0 Å². The molecule has 1 unspecified atom stereocenters. The van der Waals surface area contributed by atoms with Crippen LogP contribution in [0, 0.1) is 0 Å². The lowest BCUT2D eigenvalue weighted by Crippen LogP contribution is -2.58. The van der Waals surface area contributed by atoms with Gasteiger partial charge in [-0.15, -0.1) is 0 Å². The second-order valence-corrected chi connectivity index (χ2v) is 7.03. The molecule has 1 atom stereocenters. The van der Waals surface area contributed by atoms with Crippen LogP contribution in [-0.4, -0.2) is 41.5 Å². The Morgan fingerprint density at radius 2 is 1.40 bits per heavy atom. The first kappa shape index (κ1) is 17.3. The predicted octanol–water partition coefficient (Wildman–Crippen LogP) is 2.83. The molecule has 0 spiro atoms. The molecule has 0 amide bonds.